The van der Waals surface area contributed by atoms with Crippen LogP contribution in [0.5, 0.6) is 5.75 Å². The molecule has 0 saturated carbocycles. The number of carbonyl (C=O) groups excluding carboxylic acids is 1. The Balaban J connectivity index is 1.52. The van der Waals surface area contributed by atoms with E-state index in [4.69, 9.17) is 4.74 Å². The zero-order valence-electron chi connectivity index (χ0n) is 14.4. The summed E-state index contributed by atoms with van der Waals surface area (Å²) in [6, 6.07) is 5.65. The van der Waals surface area contributed by atoms with Gasteiger partial charge in [0, 0.05) is 32.4 Å². The molecule has 3 rings (SSSR count). The molecule has 1 fully saturated rings. The van der Waals surface area contributed by atoms with Gasteiger partial charge in [-0.25, -0.2) is 9.37 Å². The summed E-state index contributed by atoms with van der Waals surface area (Å²) in [6.45, 7) is 6.46. The third-order valence-corrected chi connectivity index (χ3v) is 4.16. The smallest absolute Gasteiger partial charge is 0.260 e. The van der Waals surface area contributed by atoms with E-state index in [1.165, 1.54) is 24.3 Å². The fourth-order valence-electron chi connectivity index (χ4n) is 2.76. The van der Waals surface area contributed by atoms with Crippen molar-refractivity contribution in [3.8, 4) is 5.75 Å². The van der Waals surface area contributed by atoms with E-state index in [0.717, 1.165) is 17.2 Å². The highest BCUT2D eigenvalue weighted by molar-refractivity contribution is 5.78. The van der Waals surface area contributed by atoms with Crippen molar-refractivity contribution in [2.75, 3.05) is 37.7 Å². The van der Waals surface area contributed by atoms with Crippen molar-refractivity contribution in [2.24, 2.45) is 0 Å². The molecule has 2 heterocycles. The number of hydrogen-bond acceptors (Lipinski definition) is 5. The average Bonchev–Trinajstić information content (AvgIpc) is 2.63. The number of carbonyl (C=O) groups is 1. The molecule has 25 heavy (non-hydrogen) atoms. The summed E-state index contributed by atoms with van der Waals surface area (Å²) in [5.41, 5.74) is 1.77. The number of amides is 1. The molecule has 1 saturated heterocycles. The van der Waals surface area contributed by atoms with Crippen molar-refractivity contribution >= 4 is 11.7 Å². The van der Waals surface area contributed by atoms with Crippen LogP contribution in [0.15, 0.2) is 30.5 Å². The van der Waals surface area contributed by atoms with Gasteiger partial charge in [0.1, 0.15) is 17.4 Å². The van der Waals surface area contributed by atoms with Crippen LogP contribution in [0.4, 0.5) is 10.2 Å². The molecule has 2 aromatic rings. The largest absolute Gasteiger partial charge is 0.484 e. The highest BCUT2D eigenvalue weighted by Crippen LogP contribution is 2.17. The number of nitrogens with zero attached hydrogens (tertiary/aromatic N) is 4. The summed E-state index contributed by atoms with van der Waals surface area (Å²) < 4.78 is 18.3. The Labute approximate surface area is 146 Å². The number of benzene rings is 1. The fraction of sp³-hybridized carbons (Fsp3) is 0.389. The van der Waals surface area contributed by atoms with Crippen LogP contribution in [0.2, 0.25) is 0 Å². The Kier molecular flexibility index (Phi) is 5.11. The lowest BCUT2D eigenvalue weighted by Crippen LogP contribution is -2.50. The maximum absolute atomic E-state index is 12.9. The van der Waals surface area contributed by atoms with Crippen LogP contribution in [0.3, 0.4) is 0 Å². The van der Waals surface area contributed by atoms with Crippen molar-refractivity contribution in [1.82, 2.24) is 14.9 Å². The Bertz CT molecular complexity index is 743. The fourth-order valence-corrected chi connectivity index (χ4v) is 2.76. The maximum Gasteiger partial charge on any atom is 0.260 e. The standard InChI is InChI=1S/C18H21FN4O2/c1-13-11-20-14(2)18(21-13)23-9-7-22(8-10-23)17(24)12-25-16-5-3-15(19)4-6-16/h3-6,11H,7-10,12H2,1-2H3. The van der Waals surface area contributed by atoms with E-state index in [1.54, 1.807) is 11.1 Å². The number of rotatable bonds is 4. The van der Waals surface area contributed by atoms with E-state index in [0.29, 0.717) is 31.9 Å². The van der Waals surface area contributed by atoms with E-state index in [1.807, 2.05) is 13.8 Å². The minimum absolute atomic E-state index is 0.0467. The summed E-state index contributed by atoms with van der Waals surface area (Å²) in [7, 11) is 0. The molecule has 0 atom stereocenters. The van der Waals surface area contributed by atoms with Gasteiger partial charge in [-0.15, -0.1) is 0 Å². The molecule has 0 radical (unpaired) electrons. The van der Waals surface area contributed by atoms with E-state index in [2.05, 4.69) is 14.9 Å². The van der Waals surface area contributed by atoms with Gasteiger partial charge in [0.2, 0.25) is 0 Å². The molecule has 1 aliphatic rings. The van der Waals surface area contributed by atoms with Gasteiger partial charge < -0.3 is 14.5 Å². The molecule has 0 N–H and O–H groups in total. The van der Waals surface area contributed by atoms with Crippen LogP contribution < -0.4 is 9.64 Å². The summed E-state index contributed by atoms with van der Waals surface area (Å²) in [6.07, 6.45) is 1.76. The first-order valence-corrected chi connectivity index (χ1v) is 8.24. The topological polar surface area (TPSA) is 58.6 Å². The summed E-state index contributed by atoms with van der Waals surface area (Å²) in [5, 5.41) is 0. The molecule has 132 valence electrons. The number of ether oxygens (including phenoxy) is 1. The second kappa shape index (κ2) is 7.46. The number of aromatic nitrogens is 2. The molecule has 0 aliphatic carbocycles. The van der Waals surface area contributed by atoms with Gasteiger partial charge in [0.05, 0.1) is 11.4 Å². The van der Waals surface area contributed by atoms with Crippen LogP contribution in [-0.2, 0) is 4.79 Å². The second-order valence-corrected chi connectivity index (χ2v) is 6.03. The first-order valence-electron chi connectivity index (χ1n) is 8.24. The Morgan fingerprint density at radius 3 is 2.52 bits per heavy atom. The lowest BCUT2D eigenvalue weighted by Gasteiger charge is -2.35. The second-order valence-electron chi connectivity index (χ2n) is 6.03. The average molecular weight is 344 g/mol. The molecule has 0 bridgehead atoms. The van der Waals surface area contributed by atoms with Crippen molar-refractivity contribution < 1.29 is 13.9 Å². The molecule has 7 heteroatoms. The summed E-state index contributed by atoms with van der Waals surface area (Å²) in [4.78, 5) is 25.1. The lowest BCUT2D eigenvalue weighted by molar-refractivity contribution is -0.133. The number of hydrogen-bond donors (Lipinski definition) is 0. The SMILES string of the molecule is Cc1cnc(C)c(N2CCN(C(=O)COc3ccc(F)cc3)CC2)n1. The Morgan fingerprint density at radius 2 is 1.84 bits per heavy atom. The number of anilines is 1. The van der Waals surface area contributed by atoms with Crippen molar-refractivity contribution in [2.45, 2.75) is 13.8 Å². The molecule has 1 amide bonds. The number of halogens is 1. The molecule has 6 nitrogen and oxygen atoms in total. The van der Waals surface area contributed by atoms with E-state index >= 15 is 0 Å². The summed E-state index contributed by atoms with van der Waals surface area (Å²) in [5.74, 6) is 0.967. The quantitative estimate of drug-likeness (QED) is 0.849. The molecular weight excluding hydrogens is 323 g/mol. The van der Waals surface area contributed by atoms with Crippen LogP contribution in [0.25, 0.3) is 0 Å². The third kappa shape index (κ3) is 4.23. The van der Waals surface area contributed by atoms with Crippen molar-refractivity contribution in [3.05, 3.63) is 47.7 Å². The lowest BCUT2D eigenvalue weighted by atomic mass is 10.3. The van der Waals surface area contributed by atoms with Crippen LogP contribution in [-0.4, -0.2) is 53.6 Å². The van der Waals surface area contributed by atoms with E-state index in [9.17, 15) is 9.18 Å². The predicted molar refractivity (Wildman–Crippen MR) is 92.2 cm³/mol. The monoisotopic (exact) mass is 344 g/mol. The minimum atomic E-state index is -0.329. The number of piperazine rings is 1. The van der Waals surface area contributed by atoms with Gasteiger partial charge in [-0.2, -0.15) is 0 Å². The van der Waals surface area contributed by atoms with Gasteiger partial charge in [0.25, 0.3) is 5.91 Å². The molecule has 1 aromatic carbocycles. The zero-order chi connectivity index (χ0) is 17.8. The van der Waals surface area contributed by atoms with Gasteiger partial charge in [-0.3, -0.25) is 9.78 Å². The van der Waals surface area contributed by atoms with Crippen molar-refractivity contribution in [3.63, 3.8) is 0 Å². The van der Waals surface area contributed by atoms with Gasteiger partial charge in [-0.1, -0.05) is 0 Å². The van der Waals surface area contributed by atoms with Crippen molar-refractivity contribution in [1.29, 1.82) is 0 Å². The minimum Gasteiger partial charge on any atom is -0.484 e. The molecule has 1 aromatic heterocycles. The Morgan fingerprint density at radius 1 is 1.16 bits per heavy atom. The van der Waals surface area contributed by atoms with Crippen LogP contribution in [0, 0.1) is 19.7 Å². The van der Waals surface area contributed by atoms with E-state index in [-0.39, 0.29) is 18.3 Å². The zero-order valence-corrected chi connectivity index (χ0v) is 14.4. The molecule has 0 spiro atoms. The Hall–Kier alpha value is -2.70. The first-order chi connectivity index (χ1) is 12.0. The van der Waals surface area contributed by atoms with Gasteiger partial charge in [0.15, 0.2) is 6.61 Å². The molecular formula is C18H21FN4O2. The van der Waals surface area contributed by atoms with Crippen LogP contribution >= 0.6 is 0 Å². The summed E-state index contributed by atoms with van der Waals surface area (Å²) >= 11 is 0. The van der Waals surface area contributed by atoms with E-state index < -0.39 is 0 Å². The highest BCUT2D eigenvalue weighted by Gasteiger charge is 2.23. The highest BCUT2D eigenvalue weighted by atomic mass is 19.1. The van der Waals surface area contributed by atoms with Crippen LogP contribution in [0.1, 0.15) is 11.4 Å². The van der Waals surface area contributed by atoms with Gasteiger partial charge in [-0.05, 0) is 38.1 Å². The molecule has 1 aliphatic heterocycles. The molecule has 0 unspecified atom stereocenters. The maximum atomic E-state index is 12.9. The first kappa shape index (κ1) is 17.1. The third-order valence-electron chi connectivity index (χ3n) is 4.16. The van der Waals surface area contributed by atoms with Gasteiger partial charge >= 0.3 is 0 Å². The normalized spacial score (nSPS) is 14.5. The number of aryl methyl sites for hydroxylation is 2. The predicted octanol–water partition coefficient (Wildman–Crippen LogP) is 1.96.